The van der Waals surface area contributed by atoms with Gasteiger partial charge in [0.05, 0.1) is 45.7 Å². The Hall–Kier alpha value is -3.58. The molecule has 0 bridgehead atoms. The van der Waals surface area contributed by atoms with Crippen molar-refractivity contribution in [2.24, 2.45) is 5.41 Å². The van der Waals surface area contributed by atoms with Gasteiger partial charge in [0, 0.05) is 46.2 Å². The summed E-state index contributed by atoms with van der Waals surface area (Å²) in [5, 5.41) is 0. The third-order valence-electron chi connectivity index (χ3n) is 8.61. The van der Waals surface area contributed by atoms with Crippen molar-refractivity contribution in [3.05, 3.63) is 89.5 Å². The fourth-order valence-corrected chi connectivity index (χ4v) is 5.85. The van der Waals surface area contributed by atoms with Gasteiger partial charge in [0.2, 0.25) is 5.79 Å². The van der Waals surface area contributed by atoms with Crippen molar-refractivity contribution in [3.63, 3.8) is 0 Å². The molecule has 11 nitrogen and oxygen atoms in total. The molecule has 49 heavy (non-hydrogen) atoms. The Morgan fingerprint density at radius 2 is 1.57 bits per heavy atom. The van der Waals surface area contributed by atoms with E-state index in [1.807, 2.05) is 81.4 Å². The molecule has 0 N–H and O–H groups in total. The number of ether oxygens (including phenoxy) is 9. The van der Waals surface area contributed by atoms with Crippen LogP contribution in [0.25, 0.3) is 0 Å². The average Bonchev–Trinajstić information content (AvgIpc) is 3.10. The molecule has 1 heterocycles. The van der Waals surface area contributed by atoms with Crippen LogP contribution in [-0.4, -0.2) is 84.0 Å². The highest BCUT2D eigenvalue weighted by atomic mass is 16.7. The first-order valence-electron chi connectivity index (χ1n) is 16.2. The Kier molecular flexibility index (Phi) is 15.4. The molecule has 0 amide bonds. The third-order valence-corrected chi connectivity index (χ3v) is 8.61. The molecule has 1 saturated heterocycles. The Labute approximate surface area is 290 Å². The van der Waals surface area contributed by atoms with Gasteiger partial charge in [0.25, 0.3) is 0 Å². The first-order chi connectivity index (χ1) is 23.4. The maximum absolute atomic E-state index is 12.7. The predicted molar refractivity (Wildman–Crippen MR) is 182 cm³/mol. The zero-order chi connectivity index (χ0) is 36.0. The molecule has 2 aromatic carbocycles. The van der Waals surface area contributed by atoms with Gasteiger partial charge in [-0.1, -0.05) is 62.4 Å². The lowest BCUT2D eigenvalue weighted by Gasteiger charge is -2.53. The number of rotatable bonds is 18. The van der Waals surface area contributed by atoms with Gasteiger partial charge in [-0.25, -0.2) is 4.79 Å². The lowest BCUT2D eigenvalue weighted by atomic mass is 9.74. The van der Waals surface area contributed by atoms with E-state index in [4.69, 9.17) is 42.6 Å². The van der Waals surface area contributed by atoms with Gasteiger partial charge < -0.3 is 42.6 Å². The van der Waals surface area contributed by atoms with Crippen molar-refractivity contribution in [1.82, 2.24) is 0 Å². The summed E-state index contributed by atoms with van der Waals surface area (Å²) in [6.45, 7) is 7.72. The second-order valence-corrected chi connectivity index (χ2v) is 12.4. The Morgan fingerprint density at radius 3 is 2.14 bits per heavy atom. The van der Waals surface area contributed by atoms with Gasteiger partial charge in [0.1, 0.15) is 5.75 Å². The lowest BCUT2D eigenvalue weighted by molar-refractivity contribution is -0.339. The van der Waals surface area contributed by atoms with Crippen LogP contribution in [0.1, 0.15) is 51.7 Å². The summed E-state index contributed by atoms with van der Waals surface area (Å²) in [4.78, 5) is 25.2. The summed E-state index contributed by atoms with van der Waals surface area (Å²) >= 11 is 0. The van der Waals surface area contributed by atoms with E-state index in [2.05, 4.69) is 0 Å². The van der Waals surface area contributed by atoms with E-state index in [1.54, 1.807) is 13.2 Å². The lowest BCUT2D eigenvalue weighted by Crippen LogP contribution is -2.63. The zero-order valence-electron chi connectivity index (χ0n) is 30.1. The van der Waals surface area contributed by atoms with Crippen molar-refractivity contribution in [2.45, 2.75) is 90.2 Å². The molecule has 270 valence electrons. The molecule has 1 aliphatic rings. The predicted octanol–water partition coefficient (Wildman–Crippen LogP) is 5.94. The van der Waals surface area contributed by atoms with Crippen molar-refractivity contribution in [2.75, 3.05) is 35.5 Å². The molecule has 0 spiro atoms. The van der Waals surface area contributed by atoms with E-state index >= 15 is 0 Å². The number of benzene rings is 2. The van der Waals surface area contributed by atoms with Crippen LogP contribution < -0.4 is 4.74 Å². The van der Waals surface area contributed by atoms with E-state index in [1.165, 1.54) is 41.4 Å². The Morgan fingerprint density at radius 1 is 0.939 bits per heavy atom. The van der Waals surface area contributed by atoms with Crippen LogP contribution in [-0.2, 0) is 60.7 Å². The van der Waals surface area contributed by atoms with E-state index < -0.39 is 47.7 Å². The first-order valence-corrected chi connectivity index (χ1v) is 16.2. The number of hydrogen-bond donors (Lipinski definition) is 0. The number of methoxy groups -OCH3 is 5. The van der Waals surface area contributed by atoms with Crippen molar-refractivity contribution in [3.8, 4) is 5.75 Å². The van der Waals surface area contributed by atoms with Crippen molar-refractivity contribution < 1.29 is 52.2 Å². The molecule has 2 aromatic rings. The summed E-state index contributed by atoms with van der Waals surface area (Å²) in [6.07, 6.45) is 2.32. The number of hydrogen-bond acceptors (Lipinski definition) is 11. The van der Waals surface area contributed by atoms with Crippen LogP contribution in [0.4, 0.5) is 0 Å². The zero-order valence-corrected chi connectivity index (χ0v) is 30.1. The summed E-state index contributed by atoms with van der Waals surface area (Å²) in [5.41, 5.74) is 1.49. The maximum atomic E-state index is 12.7. The number of esters is 2. The Bertz CT molecular complexity index is 1370. The second kappa shape index (κ2) is 19.0. The smallest absolute Gasteiger partial charge is 0.330 e. The highest BCUT2D eigenvalue weighted by Crippen LogP contribution is 2.49. The van der Waals surface area contributed by atoms with Gasteiger partial charge in [-0.3, -0.25) is 4.79 Å². The minimum Gasteiger partial charge on any atom is -0.497 e. The third kappa shape index (κ3) is 11.0. The van der Waals surface area contributed by atoms with Crippen LogP contribution in [0.5, 0.6) is 5.75 Å². The fourth-order valence-electron chi connectivity index (χ4n) is 5.85. The molecule has 0 saturated carbocycles. The molecule has 0 aromatic heterocycles. The van der Waals surface area contributed by atoms with Gasteiger partial charge in [-0.05, 0) is 48.3 Å². The van der Waals surface area contributed by atoms with Crippen LogP contribution in [0.2, 0.25) is 0 Å². The molecule has 0 radical (unpaired) electrons. The van der Waals surface area contributed by atoms with E-state index in [-0.39, 0.29) is 12.5 Å². The topological polar surface area (TPSA) is 117 Å². The normalized spacial score (nSPS) is 21.9. The van der Waals surface area contributed by atoms with Crippen LogP contribution in [0.15, 0.2) is 78.4 Å². The van der Waals surface area contributed by atoms with Crippen molar-refractivity contribution in [1.29, 1.82) is 0 Å². The molecule has 0 aliphatic carbocycles. The molecular weight excluding hydrogens is 632 g/mol. The monoisotopic (exact) mass is 684 g/mol. The van der Waals surface area contributed by atoms with Crippen molar-refractivity contribution >= 4 is 11.9 Å². The minimum atomic E-state index is -1.60. The number of carbonyl (C=O) groups is 2. The van der Waals surface area contributed by atoms with Crippen LogP contribution in [0, 0.1) is 5.41 Å². The molecular formula is C38H52O11. The maximum Gasteiger partial charge on any atom is 0.330 e. The van der Waals surface area contributed by atoms with E-state index in [0.29, 0.717) is 25.2 Å². The first kappa shape index (κ1) is 39.9. The summed E-state index contributed by atoms with van der Waals surface area (Å²) < 4.78 is 53.0. The van der Waals surface area contributed by atoms with Gasteiger partial charge in [-0.2, -0.15) is 0 Å². The second-order valence-electron chi connectivity index (χ2n) is 12.4. The van der Waals surface area contributed by atoms with Crippen LogP contribution >= 0.6 is 0 Å². The quantitative estimate of drug-likeness (QED) is 0.0804. The highest BCUT2D eigenvalue weighted by molar-refractivity contribution is 5.83. The molecule has 1 fully saturated rings. The molecule has 1 aliphatic heterocycles. The highest BCUT2D eigenvalue weighted by Gasteiger charge is 2.59. The van der Waals surface area contributed by atoms with Gasteiger partial charge in [0.15, 0.2) is 12.4 Å². The number of carbonyl (C=O) groups excluding carboxylic acids is 2. The standard InChI is InChI=1S/C38H52O11/c1-26(46-24-28-13-11-10-12-14-28)33(47-25-29-15-17-31(41-5)18-16-29)23-32-21-30(22-34(40)42-6)36(48-27(2)39)38(45-9,49-32)37(3,4)20-19-35(43-7)44-8/h10-20,22,26,32-33,35-36H,21,23-25H2,1-9H3/b20-19+,30-22+/t26-,32-,33-,36-,38+/m0/s1. The largest absolute Gasteiger partial charge is 0.497 e. The van der Waals surface area contributed by atoms with Gasteiger partial charge >= 0.3 is 11.9 Å². The van der Waals surface area contributed by atoms with Gasteiger partial charge in [-0.15, -0.1) is 0 Å². The summed E-state index contributed by atoms with van der Waals surface area (Å²) in [5.74, 6) is -2.02. The Balaban J connectivity index is 2.03. The summed E-state index contributed by atoms with van der Waals surface area (Å²) in [6, 6.07) is 17.6. The fraction of sp³-hybridized carbons (Fsp3) is 0.526. The minimum absolute atomic E-state index is 0.227. The molecule has 11 heteroatoms. The summed E-state index contributed by atoms with van der Waals surface area (Å²) in [7, 11) is 7.44. The van der Waals surface area contributed by atoms with Crippen LogP contribution in [0.3, 0.4) is 0 Å². The molecule has 0 unspecified atom stereocenters. The molecule has 3 rings (SSSR count). The van der Waals surface area contributed by atoms with E-state index in [0.717, 1.165) is 16.9 Å². The molecule has 5 atom stereocenters. The SMILES string of the molecule is COC(=O)/C=C1\C[C@@H](C[C@H](OCc2ccc(OC)cc2)[C@H](C)OCc2ccccc2)O[C@@](OC)(C(C)(C)/C=C/C(OC)OC)[C@H]1OC(C)=O. The average molecular weight is 685 g/mol. The van der Waals surface area contributed by atoms with E-state index in [9.17, 15) is 9.59 Å².